The highest BCUT2D eigenvalue weighted by Crippen LogP contribution is 2.45. The zero-order valence-corrected chi connectivity index (χ0v) is 15.7. The third kappa shape index (κ3) is 3.90. The summed E-state index contributed by atoms with van der Waals surface area (Å²) in [6.07, 6.45) is 4.93. The van der Waals surface area contributed by atoms with Gasteiger partial charge in [-0.05, 0) is 37.7 Å². The molecule has 1 saturated carbocycles. The van der Waals surface area contributed by atoms with Gasteiger partial charge in [0.25, 0.3) is 0 Å². The van der Waals surface area contributed by atoms with Gasteiger partial charge in [0.15, 0.2) is 0 Å². The molecule has 6 heteroatoms. The highest BCUT2D eigenvalue weighted by Gasteiger charge is 2.47. The molecule has 0 bridgehead atoms. The minimum Gasteiger partial charge on any atom is -0.342 e. The number of piperidine rings is 1. The van der Waals surface area contributed by atoms with Crippen molar-refractivity contribution in [3.8, 4) is 0 Å². The number of rotatable bonds is 6. The fraction of sp³-hybridized carbons (Fsp3) is 0.632. The second-order valence-corrected chi connectivity index (χ2v) is 9.18. The molecule has 2 aliphatic rings. The summed E-state index contributed by atoms with van der Waals surface area (Å²) in [6, 6.07) is 10.0. The van der Waals surface area contributed by atoms with Crippen LogP contribution < -0.4 is 4.72 Å². The maximum Gasteiger partial charge on any atom is 0.233 e. The van der Waals surface area contributed by atoms with E-state index in [9.17, 15) is 13.2 Å². The number of sulfonamides is 1. The highest BCUT2D eigenvalue weighted by molar-refractivity contribution is 7.89. The van der Waals surface area contributed by atoms with Crippen LogP contribution >= 0.6 is 0 Å². The Bertz CT molecular complexity index is 691. The van der Waals surface area contributed by atoms with Crippen LogP contribution in [0.3, 0.4) is 0 Å². The maximum absolute atomic E-state index is 13.2. The van der Waals surface area contributed by atoms with E-state index in [0.29, 0.717) is 32.4 Å². The average Bonchev–Trinajstić information content (AvgIpc) is 2.55. The molecule has 2 fully saturated rings. The van der Waals surface area contributed by atoms with Crippen molar-refractivity contribution in [2.75, 3.05) is 18.8 Å². The lowest BCUT2D eigenvalue weighted by Crippen LogP contribution is -2.55. The third-order valence-corrected chi connectivity index (χ3v) is 7.18. The van der Waals surface area contributed by atoms with Gasteiger partial charge >= 0.3 is 0 Å². The second-order valence-electron chi connectivity index (χ2n) is 7.30. The Morgan fingerprint density at radius 3 is 2.36 bits per heavy atom. The van der Waals surface area contributed by atoms with Crippen LogP contribution in [0.5, 0.6) is 0 Å². The number of hydrogen-bond acceptors (Lipinski definition) is 3. The minimum atomic E-state index is -3.19. The summed E-state index contributed by atoms with van der Waals surface area (Å²) >= 11 is 0. The lowest BCUT2D eigenvalue weighted by Gasteiger charge is -2.45. The molecule has 1 heterocycles. The number of likely N-dealkylation sites (tertiary alicyclic amines) is 1. The molecule has 3 rings (SSSR count). The zero-order chi connectivity index (χ0) is 17.9. The molecule has 1 aliphatic heterocycles. The first-order valence-electron chi connectivity index (χ1n) is 9.32. The standard InChI is InChI=1S/C19H28N2O3S/c1-2-15-25(23,24)20-17-9-13-21(14-10-17)18(22)19(11-6-12-19)16-7-4-3-5-8-16/h3-5,7-8,17,20H,2,6,9-15H2,1H3. The van der Waals surface area contributed by atoms with Gasteiger partial charge in [-0.3, -0.25) is 4.79 Å². The van der Waals surface area contributed by atoms with Crippen LogP contribution in [-0.2, 0) is 20.2 Å². The van der Waals surface area contributed by atoms with Crippen molar-refractivity contribution in [3.05, 3.63) is 35.9 Å². The average molecular weight is 365 g/mol. The van der Waals surface area contributed by atoms with Gasteiger partial charge < -0.3 is 4.90 Å². The quantitative estimate of drug-likeness (QED) is 0.843. The van der Waals surface area contributed by atoms with Gasteiger partial charge in [0.2, 0.25) is 15.9 Å². The summed E-state index contributed by atoms with van der Waals surface area (Å²) in [7, 11) is -3.19. The first-order valence-corrected chi connectivity index (χ1v) is 11.0. The smallest absolute Gasteiger partial charge is 0.233 e. The van der Waals surface area contributed by atoms with Crippen molar-refractivity contribution in [1.82, 2.24) is 9.62 Å². The van der Waals surface area contributed by atoms with Crippen molar-refractivity contribution < 1.29 is 13.2 Å². The van der Waals surface area contributed by atoms with Crippen LogP contribution in [0.25, 0.3) is 0 Å². The Kier molecular flexibility index (Phi) is 5.49. The summed E-state index contributed by atoms with van der Waals surface area (Å²) in [5.74, 6) is 0.392. The molecule has 1 aliphatic carbocycles. The van der Waals surface area contributed by atoms with E-state index in [1.807, 2.05) is 30.0 Å². The van der Waals surface area contributed by atoms with Crippen LogP contribution in [0, 0.1) is 0 Å². The van der Waals surface area contributed by atoms with E-state index in [1.165, 1.54) is 0 Å². The van der Waals surface area contributed by atoms with E-state index >= 15 is 0 Å². The molecule has 0 spiro atoms. The highest BCUT2D eigenvalue weighted by atomic mass is 32.2. The number of carbonyl (C=O) groups is 1. The number of hydrogen-bond donors (Lipinski definition) is 1. The van der Waals surface area contributed by atoms with Crippen LogP contribution in [0.4, 0.5) is 0 Å². The number of amides is 1. The molecular weight excluding hydrogens is 336 g/mol. The summed E-state index contributed by atoms with van der Waals surface area (Å²) < 4.78 is 26.6. The number of nitrogens with one attached hydrogen (secondary N) is 1. The van der Waals surface area contributed by atoms with Crippen molar-refractivity contribution >= 4 is 15.9 Å². The van der Waals surface area contributed by atoms with Crippen LogP contribution in [0.15, 0.2) is 30.3 Å². The Morgan fingerprint density at radius 1 is 1.20 bits per heavy atom. The topological polar surface area (TPSA) is 66.5 Å². The summed E-state index contributed by atoms with van der Waals surface area (Å²) in [6.45, 7) is 3.13. The summed E-state index contributed by atoms with van der Waals surface area (Å²) in [5.41, 5.74) is 0.771. The van der Waals surface area contributed by atoms with Gasteiger partial charge in [-0.25, -0.2) is 13.1 Å². The van der Waals surface area contributed by atoms with E-state index in [1.54, 1.807) is 0 Å². The van der Waals surface area contributed by atoms with Gasteiger partial charge in [0, 0.05) is 19.1 Å². The van der Waals surface area contributed by atoms with Crippen LogP contribution in [0.2, 0.25) is 0 Å². The van der Waals surface area contributed by atoms with E-state index < -0.39 is 10.0 Å². The number of carbonyl (C=O) groups excluding carboxylic acids is 1. The summed E-state index contributed by atoms with van der Waals surface area (Å²) in [4.78, 5) is 15.1. The molecule has 1 N–H and O–H groups in total. The molecule has 1 aromatic rings. The molecular formula is C19H28N2O3S. The summed E-state index contributed by atoms with van der Waals surface area (Å²) in [5, 5.41) is 0. The number of benzene rings is 1. The van der Waals surface area contributed by atoms with Gasteiger partial charge in [0.1, 0.15) is 0 Å². The SMILES string of the molecule is CCCS(=O)(=O)NC1CCN(C(=O)C2(c3ccccc3)CCC2)CC1. The molecule has 5 nitrogen and oxygen atoms in total. The molecule has 0 atom stereocenters. The first-order chi connectivity index (χ1) is 12.0. The molecule has 138 valence electrons. The Balaban J connectivity index is 1.62. The molecule has 0 unspecified atom stereocenters. The molecule has 1 saturated heterocycles. The van der Waals surface area contributed by atoms with Crippen LogP contribution in [-0.4, -0.2) is 44.1 Å². The maximum atomic E-state index is 13.2. The van der Waals surface area contributed by atoms with Gasteiger partial charge in [-0.15, -0.1) is 0 Å². The molecule has 25 heavy (non-hydrogen) atoms. The number of nitrogens with zero attached hydrogens (tertiary/aromatic N) is 1. The van der Waals surface area contributed by atoms with Crippen molar-refractivity contribution in [2.45, 2.75) is 56.9 Å². The Morgan fingerprint density at radius 2 is 1.84 bits per heavy atom. The van der Waals surface area contributed by atoms with E-state index in [4.69, 9.17) is 0 Å². The van der Waals surface area contributed by atoms with E-state index in [0.717, 1.165) is 24.8 Å². The predicted molar refractivity (Wildman–Crippen MR) is 98.8 cm³/mol. The fourth-order valence-electron chi connectivity index (χ4n) is 4.00. The minimum absolute atomic E-state index is 0.0466. The Labute approximate surface area is 150 Å². The van der Waals surface area contributed by atoms with Crippen molar-refractivity contribution in [2.24, 2.45) is 0 Å². The molecule has 1 amide bonds. The van der Waals surface area contributed by atoms with E-state index in [-0.39, 0.29) is 23.1 Å². The van der Waals surface area contributed by atoms with Gasteiger partial charge in [-0.2, -0.15) is 0 Å². The largest absolute Gasteiger partial charge is 0.342 e. The fourth-order valence-corrected chi connectivity index (χ4v) is 5.40. The molecule has 0 aromatic heterocycles. The normalized spacial score (nSPS) is 20.9. The molecule has 0 radical (unpaired) electrons. The van der Waals surface area contributed by atoms with Crippen molar-refractivity contribution in [1.29, 1.82) is 0 Å². The second kappa shape index (κ2) is 7.46. The lowest BCUT2D eigenvalue weighted by atomic mass is 9.63. The van der Waals surface area contributed by atoms with Crippen LogP contribution in [0.1, 0.15) is 51.0 Å². The predicted octanol–water partition coefficient (Wildman–Crippen LogP) is 2.43. The zero-order valence-electron chi connectivity index (χ0n) is 14.9. The van der Waals surface area contributed by atoms with Crippen molar-refractivity contribution in [3.63, 3.8) is 0 Å². The lowest BCUT2D eigenvalue weighted by molar-refractivity contribution is -0.142. The van der Waals surface area contributed by atoms with Gasteiger partial charge in [0.05, 0.1) is 11.2 Å². The molecule has 1 aromatic carbocycles. The van der Waals surface area contributed by atoms with E-state index in [2.05, 4.69) is 16.9 Å². The first kappa shape index (κ1) is 18.4. The Hall–Kier alpha value is -1.40. The monoisotopic (exact) mass is 364 g/mol. The third-order valence-electron chi connectivity index (χ3n) is 5.54. The van der Waals surface area contributed by atoms with Gasteiger partial charge in [-0.1, -0.05) is 43.7 Å².